The lowest BCUT2D eigenvalue weighted by Crippen LogP contribution is -2.29. The maximum Gasteiger partial charge on any atom is 0.220 e. The van der Waals surface area contributed by atoms with Crippen molar-refractivity contribution in [1.29, 1.82) is 0 Å². The summed E-state index contributed by atoms with van der Waals surface area (Å²) in [5.74, 6) is 2.66. The summed E-state index contributed by atoms with van der Waals surface area (Å²) in [6.45, 7) is 2.50. The molecule has 2 N–H and O–H groups in total. The van der Waals surface area contributed by atoms with Crippen molar-refractivity contribution >= 4 is 5.91 Å². The van der Waals surface area contributed by atoms with E-state index in [9.17, 15) is 4.79 Å². The molecule has 1 fully saturated rings. The van der Waals surface area contributed by atoms with E-state index >= 15 is 0 Å². The fraction of sp³-hybridized carbons (Fsp3) is 0.611. The number of benzene rings is 1. The van der Waals surface area contributed by atoms with Gasteiger partial charge < -0.3 is 24.8 Å². The highest BCUT2D eigenvalue weighted by Gasteiger charge is 2.16. The quantitative estimate of drug-likeness (QED) is 0.761. The van der Waals surface area contributed by atoms with Crippen molar-refractivity contribution in [3.05, 3.63) is 17.7 Å². The number of rotatable bonds is 8. The predicted octanol–water partition coefficient (Wildman–Crippen LogP) is 2.11. The molecule has 0 saturated carbocycles. The van der Waals surface area contributed by atoms with Gasteiger partial charge in [-0.1, -0.05) is 0 Å². The molecule has 1 aromatic carbocycles. The number of methoxy groups -OCH3 is 3. The number of nitrogens with one attached hydrogen (secondary N) is 2. The number of ether oxygens (including phenoxy) is 3. The molecular weight excluding hydrogens is 308 g/mol. The highest BCUT2D eigenvalue weighted by molar-refractivity contribution is 5.76. The smallest absolute Gasteiger partial charge is 0.220 e. The molecule has 1 aliphatic heterocycles. The molecule has 6 nitrogen and oxygen atoms in total. The van der Waals surface area contributed by atoms with Crippen molar-refractivity contribution in [2.45, 2.75) is 32.2 Å². The van der Waals surface area contributed by atoms with E-state index < -0.39 is 0 Å². The van der Waals surface area contributed by atoms with Crippen LogP contribution in [-0.4, -0.2) is 40.3 Å². The average molecular weight is 336 g/mol. The van der Waals surface area contributed by atoms with Gasteiger partial charge in [-0.15, -0.1) is 0 Å². The monoisotopic (exact) mass is 336 g/mol. The summed E-state index contributed by atoms with van der Waals surface area (Å²) in [5.41, 5.74) is 0.816. The molecule has 0 spiro atoms. The first-order chi connectivity index (χ1) is 11.7. The van der Waals surface area contributed by atoms with Crippen LogP contribution in [0.15, 0.2) is 12.1 Å². The first-order valence-corrected chi connectivity index (χ1v) is 8.44. The van der Waals surface area contributed by atoms with Crippen LogP contribution in [0.2, 0.25) is 0 Å². The molecule has 1 aromatic rings. The Morgan fingerprint density at radius 2 is 1.75 bits per heavy atom. The Kier molecular flexibility index (Phi) is 7.18. The van der Waals surface area contributed by atoms with Crippen molar-refractivity contribution < 1.29 is 19.0 Å². The Labute approximate surface area is 143 Å². The van der Waals surface area contributed by atoms with Crippen LogP contribution in [0.4, 0.5) is 0 Å². The molecule has 0 atom stereocenters. The third-order valence-electron chi connectivity index (χ3n) is 4.52. The first-order valence-electron chi connectivity index (χ1n) is 8.44. The van der Waals surface area contributed by atoms with Gasteiger partial charge >= 0.3 is 0 Å². The number of amides is 1. The molecule has 0 radical (unpaired) electrons. The van der Waals surface area contributed by atoms with Crippen molar-refractivity contribution in [1.82, 2.24) is 10.6 Å². The van der Waals surface area contributed by atoms with Crippen molar-refractivity contribution in [3.8, 4) is 17.2 Å². The van der Waals surface area contributed by atoms with E-state index in [1.807, 2.05) is 0 Å². The lowest BCUT2D eigenvalue weighted by Gasteiger charge is -2.22. The SMILES string of the molecule is COc1cc(OC)c(CNC(=O)CCC2CCNCC2)c(OC)c1. The molecule has 6 heteroatoms. The van der Waals surface area contributed by atoms with Gasteiger partial charge in [-0.25, -0.2) is 0 Å². The van der Waals surface area contributed by atoms with Crippen LogP contribution in [0.3, 0.4) is 0 Å². The molecule has 2 rings (SSSR count). The predicted molar refractivity (Wildman–Crippen MR) is 92.8 cm³/mol. The third-order valence-corrected chi connectivity index (χ3v) is 4.52. The Balaban J connectivity index is 1.91. The Bertz CT molecular complexity index is 517. The van der Waals surface area contributed by atoms with Gasteiger partial charge in [0, 0.05) is 18.6 Å². The Hall–Kier alpha value is -1.95. The Morgan fingerprint density at radius 3 is 2.29 bits per heavy atom. The van der Waals surface area contributed by atoms with E-state index in [1.165, 1.54) is 0 Å². The number of carbonyl (C=O) groups is 1. The molecule has 1 saturated heterocycles. The van der Waals surface area contributed by atoms with Crippen LogP contribution >= 0.6 is 0 Å². The summed E-state index contributed by atoms with van der Waals surface area (Å²) < 4.78 is 16.0. The summed E-state index contributed by atoms with van der Waals surface area (Å²) in [5, 5.41) is 6.32. The van der Waals surface area contributed by atoms with Gasteiger partial charge in [0.15, 0.2) is 0 Å². The second-order valence-corrected chi connectivity index (χ2v) is 6.02. The van der Waals surface area contributed by atoms with E-state index in [1.54, 1.807) is 33.5 Å². The number of piperidine rings is 1. The zero-order valence-electron chi connectivity index (χ0n) is 14.8. The maximum absolute atomic E-state index is 12.1. The van der Waals surface area contributed by atoms with Crippen LogP contribution in [0.5, 0.6) is 17.2 Å². The summed E-state index contributed by atoms with van der Waals surface area (Å²) in [4.78, 5) is 12.1. The molecule has 24 heavy (non-hydrogen) atoms. The molecule has 0 aliphatic carbocycles. The second-order valence-electron chi connectivity index (χ2n) is 6.02. The fourth-order valence-corrected chi connectivity index (χ4v) is 3.03. The maximum atomic E-state index is 12.1. The molecule has 1 aliphatic rings. The molecule has 0 bridgehead atoms. The normalized spacial score (nSPS) is 15.0. The highest BCUT2D eigenvalue weighted by Crippen LogP contribution is 2.33. The second kappa shape index (κ2) is 9.37. The van der Waals surface area contributed by atoms with Crippen molar-refractivity contribution in [2.75, 3.05) is 34.4 Å². The van der Waals surface area contributed by atoms with E-state index in [0.29, 0.717) is 36.1 Å². The van der Waals surface area contributed by atoms with E-state index in [0.717, 1.165) is 37.9 Å². The molecule has 1 heterocycles. The lowest BCUT2D eigenvalue weighted by molar-refractivity contribution is -0.121. The van der Waals surface area contributed by atoms with Gasteiger partial charge in [0.2, 0.25) is 5.91 Å². The minimum atomic E-state index is 0.0634. The Morgan fingerprint density at radius 1 is 1.12 bits per heavy atom. The zero-order valence-corrected chi connectivity index (χ0v) is 14.8. The van der Waals surface area contributed by atoms with Crippen molar-refractivity contribution in [3.63, 3.8) is 0 Å². The average Bonchev–Trinajstić information content (AvgIpc) is 2.64. The zero-order chi connectivity index (χ0) is 17.4. The molecule has 0 unspecified atom stereocenters. The van der Waals surface area contributed by atoms with Crippen LogP contribution in [0, 0.1) is 5.92 Å². The summed E-state index contributed by atoms with van der Waals surface area (Å²) in [6.07, 6.45) is 3.83. The van der Waals surface area contributed by atoms with Gasteiger partial charge in [-0.3, -0.25) is 4.79 Å². The number of hydrogen-bond donors (Lipinski definition) is 2. The number of carbonyl (C=O) groups excluding carboxylic acids is 1. The lowest BCUT2D eigenvalue weighted by atomic mass is 9.93. The van der Waals surface area contributed by atoms with Gasteiger partial charge in [0.05, 0.1) is 33.4 Å². The molecule has 1 amide bonds. The summed E-state index contributed by atoms with van der Waals surface area (Å²) >= 11 is 0. The van der Waals surface area contributed by atoms with Crippen LogP contribution in [0.1, 0.15) is 31.2 Å². The fourth-order valence-electron chi connectivity index (χ4n) is 3.03. The minimum absolute atomic E-state index is 0.0634. The molecular formula is C18H28N2O4. The van der Waals surface area contributed by atoms with E-state index in [4.69, 9.17) is 14.2 Å². The summed E-state index contributed by atoms with van der Waals surface area (Å²) in [6, 6.07) is 3.58. The topological polar surface area (TPSA) is 68.8 Å². The van der Waals surface area contributed by atoms with Crippen molar-refractivity contribution in [2.24, 2.45) is 5.92 Å². The largest absolute Gasteiger partial charge is 0.496 e. The molecule has 0 aromatic heterocycles. The van der Waals surface area contributed by atoms with Gasteiger partial charge in [-0.05, 0) is 38.3 Å². The van der Waals surface area contributed by atoms with Gasteiger partial charge in [-0.2, -0.15) is 0 Å². The number of hydrogen-bond acceptors (Lipinski definition) is 5. The minimum Gasteiger partial charge on any atom is -0.496 e. The summed E-state index contributed by atoms with van der Waals surface area (Å²) in [7, 11) is 4.78. The van der Waals surface area contributed by atoms with Gasteiger partial charge in [0.25, 0.3) is 0 Å². The first kappa shape index (κ1) is 18.4. The van der Waals surface area contributed by atoms with Crippen LogP contribution in [-0.2, 0) is 11.3 Å². The van der Waals surface area contributed by atoms with Gasteiger partial charge in [0.1, 0.15) is 17.2 Å². The third kappa shape index (κ3) is 5.03. The standard InChI is InChI=1S/C18H28N2O4/c1-22-14-10-16(23-2)15(17(11-14)24-3)12-20-18(21)5-4-13-6-8-19-9-7-13/h10-11,13,19H,4-9,12H2,1-3H3,(H,20,21). The van der Waals surface area contributed by atoms with E-state index in [-0.39, 0.29) is 5.91 Å². The van der Waals surface area contributed by atoms with Crippen LogP contribution in [0.25, 0.3) is 0 Å². The van der Waals surface area contributed by atoms with Crippen LogP contribution < -0.4 is 24.8 Å². The highest BCUT2D eigenvalue weighted by atomic mass is 16.5. The molecule has 134 valence electrons. The van der Waals surface area contributed by atoms with E-state index in [2.05, 4.69) is 10.6 Å².